The summed E-state index contributed by atoms with van der Waals surface area (Å²) in [6, 6.07) is 0.668. The number of hydrogen-bond donors (Lipinski definition) is 1. The molecule has 2 unspecified atom stereocenters. The fourth-order valence-electron chi connectivity index (χ4n) is 3.53. The molecule has 0 amide bonds. The molecule has 0 saturated carbocycles. The van der Waals surface area contributed by atoms with Gasteiger partial charge < -0.3 is 15.0 Å². The Kier molecular flexibility index (Phi) is 4.22. The molecule has 2 rings (SSSR count). The highest BCUT2D eigenvalue weighted by atomic mass is 16.5. The minimum absolute atomic E-state index is 0.224. The second-order valence-electron chi connectivity index (χ2n) is 5.47. The van der Waals surface area contributed by atoms with Gasteiger partial charge in [-0.1, -0.05) is 12.8 Å². The van der Waals surface area contributed by atoms with Crippen molar-refractivity contribution in [1.29, 1.82) is 0 Å². The Balaban J connectivity index is 2.09. The van der Waals surface area contributed by atoms with Crippen LogP contribution in [0, 0.1) is 0 Å². The lowest BCUT2D eigenvalue weighted by Crippen LogP contribution is -2.65. The van der Waals surface area contributed by atoms with Gasteiger partial charge in [0.25, 0.3) is 0 Å². The number of ether oxygens (including phenoxy) is 1. The lowest BCUT2D eigenvalue weighted by molar-refractivity contribution is 0.00673. The number of likely N-dealkylation sites (tertiary alicyclic amines) is 1. The molecule has 3 heteroatoms. The van der Waals surface area contributed by atoms with Crippen LogP contribution in [0.4, 0.5) is 0 Å². The van der Waals surface area contributed by atoms with E-state index in [9.17, 15) is 0 Å². The third-order valence-electron chi connectivity index (χ3n) is 4.34. The maximum atomic E-state index is 5.50. The van der Waals surface area contributed by atoms with E-state index in [1.54, 1.807) is 0 Å². The van der Waals surface area contributed by atoms with Crippen LogP contribution in [0.15, 0.2) is 0 Å². The van der Waals surface area contributed by atoms with Crippen LogP contribution in [0.25, 0.3) is 0 Å². The van der Waals surface area contributed by atoms with Gasteiger partial charge in [0.2, 0.25) is 0 Å². The molecule has 16 heavy (non-hydrogen) atoms. The molecule has 0 spiro atoms. The van der Waals surface area contributed by atoms with Crippen LogP contribution in [-0.4, -0.2) is 50.3 Å². The highest BCUT2D eigenvalue weighted by Gasteiger charge is 2.42. The lowest BCUT2D eigenvalue weighted by atomic mass is 9.78. The summed E-state index contributed by atoms with van der Waals surface area (Å²) >= 11 is 0. The molecule has 0 aromatic rings. The zero-order valence-electron chi connectivity index (χ0n) is 10.8. The number of rotatable bonds is 3. The van der Waals surface area contributed by atoms with E-state index in [-0.39, 0.29) is 5.54 Å². The molecule has 0 radical (unpaired) electrons. The summed E-state index contributed by atoms with van der Waals surface area (Å²) in [5.41, 5.74) is 0.224. The Bertz CT molecular complexity index is 208. The fraction of sp³-hybridized carbons (Fsp3) is 1.00. The zero-order valence-corrected chi connectivity index (χ0v) is 10.8. The summed E-state index contributed by atoms with van der Waals surface area (Å²) in [4.78, 5) is 2.54. The Hall–Kier alpha value is -0.120. The van der Waals surface area contributed by atoms with Gasteiger partial charge in [-0.25, -0.2) is 0 Å². The summed E-state index contributed by atoms with van der Waals surface area (Å²) in [7, 11) is 4.11. The second kappa shape index (κ2) is 5.48. The highest BCUT2D eigenvalue weighted by Crippen LogP contribution is 2.31. The van der Waals surface area contributed by atoms with Crippen molar-refractivity contribution >= 4 is 0 Å². The third-order valence-corrected chi connectivity index (χ3v) is 4.34. The van der Waals surface area contributed by atoms with Crippen LogP contribution < -0.4 is 5.32 Å². The van der Waals surface area contributed by atoms with Gasteiger partial charge in [-0.2, -0.15) is 0 Å². The van der Waals surface area contributed by atoms with Gasteiger partial charge in [-0.3, -0.25) is 0 Å². The summed E-state index contributed by atoms with van der Waals surface area (Å²) in [5.74, 6) is 0. The summed E-state index contributed by atoms with van der Waals surface area (Å²) in [6.07, 6.45) is 8.00. The predicted octanol–water partition coefficient (Wildman–Crippen LogP) is 1.63. The average Bonchev–Trinajstić information content (AvgIpc) is 2.31. The van der Waals surface area contributed by atoms with Crippen LogP contribution in [0.1, 0.15) is 38.5 Å². The van der Waals surface area contributed by atoms with Gasteiger partial charge >= 0.3 is 0 Å². The standard InChI is InChI=1S/C13H26N2O/c1-15-10-6-3-7-12(15)13(11-16-2)8-4-5-9-14-13/h12,14H,3-11H2,1-2H3. The van der Waals surface area contributed by atoms with Gasteiger partial charge in [0.05, 0.1) is 12.1 Å². The first-order valence-electron chi connectivity index (χ1n) is 6.73. The van der Waals surface area contributed by atoms with Crippen molar-refractivity contribution < 1.29 is 4.74 Å². The molecule has 0 aliphatic carbocycles. The first-order chi connectivity index (χ1) is 7.78. The minimum atomic E-state index is 0.224. The molecule has 1 N–H and O–H groups in total. The molecule has 3 nitrogen and oxygen atoms in total. The van der Waals surface area contributed by atoms with E-state index in [0.29, 0.717) is 6.04 Å². The molecule has 0 bridgehead atoms. The third kappa shape index (κ3) is 2.41. The molecule has 2 aliphatic rings. The van der Waals surface area contributed by atoms with Gasteiger partial charge in [0.15, 0.2) is 0 Å². The van der Waals surface area contributed by atoms with Crippen LogP contribution >= 0.6 is 0 Å². The lowest BCUT2D eigenvalue weighted by Gasteiger charge is -2.49. The first kappa shape index (κ1) is 12.3. The van der Waals surface area contributed by atoms with Crippen molar-refractivity contribution in [3.63, 3.8) is 0 Å². The van der Waals surface area contributed by atoms with Gasteiger partial charge in [-0.05, 0) is 45.8 Å². The number of hydrogen-bond acceptors (Lipinski definition) is 3. The van der Waals surface area contributed by atoms with E-state index < -0.39 is 0 Å². The summed E-state index contributed by atoms with van der Waals surface area (Å²) < 4.78 is 5.50. The fourth-order valence-corrected chi connectivity index (χ4v) is 3.53. The molecule has 94 valence electrons. The summed E-state index contributed by atoms with van der Waals surface area (Å²) in [5, 5.41) is 3.77. The molecule has 2 fully saturated rings. The molecule has 2 saturated heterocycles. The Labute approximate surface area is 99.5 Å². The molecular weight excluding hydrogens is 200 g/mol. The molecule has 2 heterocycles. The molecule has 0 aromatic carbocycles. The van der Waals surface area contributed by atoms with E-state index in [1.165, 1.54) is 45.1 Å². The number of piperidine rings is 2. The monoisotopic (exact) mass is 226 g/mol. The van der Waals surface area contributed by atoms with Crippen molar-refractivity contribution in [2.24, 2.45) is 0 Å². The largest absolute Gasteiger partial charge is 0.383 e. The normalized spacial score (nSPS) is 37.5. The van der Waals surface area contributed by atoms with E-state index in [1.807, 2.05) is 7.11 Å². The van der Waals surface area contributed by atoms with Crippen LogP contribution in [0.2, 0.25) is 0 Å². The second-order valence-corrected chi connectivity index (χ2v) is 5.47. The Morgan fingerprint density at radius 1 is 1.31 bits per heavy atom. The number of nitrogens with one attached hydrogen (secondary N) is 1. The van der Waals surface area contributed by atoms with Crippen LogP contribution in [0.3, 0.4) is 0 Å². The van der Waals surface area contributed by atoms with E-state index >= 15 is 0 Å². The van der Waals surface area contributed by atoms with Crippen LogP contribution in [-0.2, 0) is 4.74 Å². The Morgan fingerprint density at radius 2 is 2.19 bits per heavy atom. The van der Waals surface area contributed by atoms with Crippen molar-refractivity contribution in [2.75, 3.05) is 33.9 Å². The highest BCUT2D eigenvalue weighted by molar-refractivity contribution is 5.02. The quantitative estimate of drug-likeness (QED) is 0.791. The van der Waals surface area contributed by atoms with Crippen molar-refractivity contribution in [1.82, 2.24) is 10.2 Å². The smallest absolute Gasteiger partial charge is 0.0659 e. The maximum Gasteiger partial charge on any atom is 0.0659 e. The van der Waals surface area contributed by atoms with Crippen molar-refractivity contribution in [3.05, 3.63) is 0 Å². The first-order valence-corrected chi connectivity index (χ1v) is 6.73. The predicted molar refractivity (Wildman–Crippen MR) is 66.7 cm³/mol. The van der Waals surface area contributed by atoms with E-state index in [0.717, 1.165) is 13.2 Å². The molecule has 0 aromatic heterocycles. The minimum Gasteiger partial charge on any atom is -0.383 e. The summed E-state index contributed by atoms with van der Waals surface area (Å²) in [6.45, 7) is 3.27. The van der Waals surface area contributed by atoms with Gasteiger partial charge in [0, 0.05) is 13.2 Å². The van der Waals surface area contributed by atoms with Crippen molar-refractivity contribution in [3.8, 4) is 0 Å². The number of nitrogens with zero attached hydrogens (tertiary/aromatic N) is 1. The van der Waals surface area contributed by atoms with Gasteiger partial charge in [-0.15, -0.1) is 0 Å². The molecule has 2 atom stereocenters. The van der Waals surface area contributed by atoms with E-state index in [4.69, 9.17) is 4.74 Å². The number of likely N-dealkylation sites (N-methyl/N-ethyl adjacent to an activating group) is 1. The zero-order chi connectivity index (χ0) is 11.4. The Morgan fingerprint density at radius 3 is 2.81 bits per heavy atom. The van der Waals surface area contributed by atoms with Crippen LogP contribution in [0.5, 0.6) is 0 Å². The van der Waals surface area contributed by atoms with E-state index in [2.05, 4.69) is 17.3 Å². The SMILES string of the molecule is COCC1(C2CCCCN2C)CCCCN1. The molecule has 2 aliphatic heterocycles. The topological polar surface area (TPSA) is 24.5 Å². The maximum absolute atomic E-state index is 5.50. The average molecular weight is 226 g/mol. The number of methoxy groups -OCH3 is 1. The van der Waals surface area contributed by atoms with Gasteiger partial charge in [0.1, 0.15) is 0 Å². The molecular formula is C13H26N2O. The van der Waals surface area contributed by atoms with Crippen molar-refractivity contribution in [2.45, 2.75) is 50.1 Å².